The number of rotatable bonds is 6. The summed E-state index contributed by atoms with van der Waals surface area (Å²) in [6, 6.07) is 3.52. The van der Waals surface area contributed by atoms with Crippen LogP contribution >= 0.6 is 0 Å². The highest BCUT2D eigenvalue weighted by atomic mass is 32.2. The fourth-order valence-electron chi connectivity index (χ4n) is 6.39. The molecule has 9 heteroatoms. The molecule has 7 nitrogen and oxygen atoms in total. The molecular weight excluding hydrogens is 421 g/mol. The van der Waals surface area contributed by atoms with Crippen LogP contribution in [0.4, 0.5) is 4.39 Å². The van der Waals surface area contributed by atoms with Gasteiger partial charge in [-0.05, 0) is 88.8 Å². The minimum atomic E-state index is -4.13. The number of amides is 2. The van der Waals surface area contributed by atoms with Crippen LogP contribution in [0.5, 0.6) is 0 Å². The van der Waals surface area contributed by atoms with E-state index in [1.54, 1.807) is 6.92 Å². The van der Waals surface area contributed by atoms with Gasteiger partial charge in [-0.3, -0.25) is 9.59 Å². The third-order valence-electron chi connectivity index (χ3n) is 7.36. The van der Waals surface area contributed by atoms with Gasteiger partial charge in [-0.25, -0.2) is 12.8 Å². The zero-order valence-electron chi connectivity index (χ0n) is 18.1. The van der Waals surface area contributed by atoms with Gasteiger partial charge in [-0.1, -0.05) is 6.07 Å². The Labute approximate surface area is 182 Å². The smallest absolute Gasteiger partial charge is 0.241 e. The Morgan fingerprint density at radius 2 is 1.77 bits per heavy atom. The molecule has 0 spiro atoms. The fraction of sp³-hybridized carbons (Fsp3) is 0.636. The van der Waals surface area contributed by atoms with Crippen molar-refractivity contribution in [3.63, 3.8) is 0 Å². The van der Waals surface area contributed by atoms with Gasteiger partial charge in [0.2, 0.25) is 21.8 Å². The lowest BCUT2D eigenvalue weighted by molar-refractivity contribution is -0.151. The summed E-state index contributed by atoms with van der Waals surface area (Å²) in [4.78, 5) is 25.3. The molecule has 31 heavy (non-hydrogen) atoms. The lowest BCUT2D eigenvalue weighted by atomic mass is 9.46. The number of nitrogens with one attached hydrogen (secondary N) is 2. The van der Waals surface area contributed by atoms with Gasteiger partial charge >= 0.3 is 0 Å². The minimum Gasteiger partial charge on any atom is -0.369 e. The number of carbonyl (C=O) groups is 2. The minimum absolute atomic E-state index is 0.198. The van der Waals surface area contributed by atoms with Gasteiger partial charge in [0, 0.05) is 5.54 Å². The van der Waals surface area contributed by atoms with Crippen LogP contribution in [-0.4, -0.2) is 31.3 Å². The Kier molecular flexibility index (Phi) is 5.01. The van der Waals surface area contributed by atoms with Crippen LogP contribution in [0.15, 0.2) is 23.1 Å². The summed E-state index contributed by atoms with van der Waals surface area (Å²) in [5, 5.41) is 3.10. The molecule has 4 bridgehead atoms. The van der Waals surface area contributed by atoms with Crippen LogP contribution in [0, 0.1) is 30.0 Å². The first-order chi connectivity index (χ1) is 14.3. The maximum absolute atomic E-state index is 13.7. The van der Waals surface area contributed by atoms with E-state index in [0.29, 0.717) is 23.8 Å². The molecule has 4 saturated carbocycles. The summed E-state index contributed by atoms with van der Waals surface area (Å²) in [6.07, 6.45) is 4.63. The van der Waals surface area contributed by atoms with Crippen molar-refractivity contribution in [2.75, 3.05) is 0 Å². The summed E-state index contributed by atoms with van der Waals surface area (Å²) >= 11 is 0. The van der Waals surface area contributed by atoms with Crippen LogP contribution < -0.4 is 15.8 Å². The number of hydrogen-bond acceptors (Lipinski definition) is 4. The number of benzene rings is 1. The molecule has 1 aromatic carbocycles. The lowest BCUT2D eigenvalue weighted by Gasteiger charge is -2.61. The number of carbonyl (C=O) groups excluding carboxylic acids is 2. The Balaban J connectivity index is 1.55. The first-order valence-corrected chi connectivity index (χ1v) is 12.2. The molecule has 1 aromatic rings. The summed E-state index contributed by atoms with van der Waals surface area (Å²) in [5.74, 6) is -0.764. The highest BCUT2D eigenvalue weighted by Crippen LogP contribution is 2.61. The van der Waals surface area contributed by atoms with Crippen molar-refractivity contribution in [2.24, 2.45) is 23.0 Å². The molecule has 0 heterocycles. The SMILES string of the molecule is Cc1ccc(F)cc1S(=O)(=O)NC(C)(C)C(=O)NC12CC3CC(C1)CC(C(N)=O)(C3)C2. The van der Waals surface area contributed by atoms with E-state index in [4.69, 9.17) is 5.73 Å². The second-order valence-electron chi connectivity index (χ2n) is 10.5. The maximum Gasteiger partial charge on any atom is 0.241 e. The van der Waals surface area contributed by atoms with E-state index in [1.165, 1.54) is 26.0 Å². The zero-order valence-corrected chi connectivity index (χ0v) is 18.9. The van der Waals surface area contributed by atoms with E-state index < -0.39 is 38.2 Å². The second-order valence-corrected chi connectivity index (χ2v) is 12.1. The molecule has 0 aromatic heterocycles. The number of sulfonamides is 1. The number of halogens is 1. The molecule has 2 atom stereocenters. The van der Waals surface area contributed by atoms with Crippen molar-refractivity contribution in [3.8, 4) is 0 Å². The predicted molar refractivity (Wildman–Crippen MR) is 113 cm³/mol. The van der Waals surface area contributed by atoms with Crippen molar-refractivity contribution in [1.29, 1.82) is 0 Å². The fourth-order valence-corrected chi connectivity index (χ4v) is 8.03. The molecule has 4 aliphatic rings. The Hall–Kier alpha value is -2.00. The standard InChI is InChI=1S/C22H30FN3O4S/c1-13-4-5-16(23)7-17(13)31(29,30)26-20(2,3)19(28)25-22-10-14-6-15(11-22)9-21(8-14,12-22)18(24)27/h4-5,7,14-15,26H,6,8-12H2,1-3H3,(H2,24,27)(H,25,28). The Morgan fingerprint density at radius 3 is 2.35 bits per heavy atom. The van der Waals surface area contributed by atoms with Crippen molar-refractivity contribution >= 4 is 21.8 Å². The number of aryl methyl sites for hydroxylation is 1. The summed E-state index contributed by atoms with van der Waals surface area (Å²) in [5.41, 5.74) is 3.55. The Morgan fingerprint density at radius 1 is 1.16 bits per heavy atom. The van der Waals surface area contributed by atoms with E-state index in [9.17, 15) is 22.4 Å². The summed E-state index contributed by atoms with van der Waals surface area (Å²) < 4.78 is 41.9. The van der Waals surface area contributed by atoms with E-state index in [-0.39, 0.29) is 10.8 Å². The monoisotopic (exact) mass is 451 g/mol. The molecule has 0 saturated heterocycles. The second kappa shape index (κ2) is 7.00. The lowest BCUT2D eigenvalue weighted by Crippen LogP contribution is -2.68. The molecule has 4 aliphatic carbocycles. The molecule has 5 rings (SSSR count). The van der Waals surface area contributed by atoms with Crippen LogP contribution in [0.2, 0.25) is 0 Å². The molecule has 4 N–H and O–H groups in total. The number of hydrogen-bond donors (Lipinski definition) is 3. The van der Waals surface area contributed by atoms with Gasteiger partial charge in [0.1, 0.15) is 11.4 Å². The normalized spacial score (nSPS) is 32.1. The van der Waals surface area contributed by atoms with E-state index in [1.807, 2.05) is 0 Å². The van der Waals surface area contributed by atoms with Gasteiger partial charge < -0.3 is 11.1 Å². The highest BCUT2D eigenvalue weighted by molar-refractivity contribution is 7.89. The molecule has 2 unspecified atom stereocenters. The molecule has 0 aliphatic heterocycles. The van der Waals surface area contributed by atoms with Crippen molar-refractivity contribution in [2.45, 2.75) is 75.3 Å². The average molecular weight is 452 g/mol. The number of nitrogens with two attached hydrogens (primary N) is 1. The quantitative estimate of drug-likeness (QED) is 0.614. The predicted octanol–water partition coefficient (Wildman–Crippen LogP) is 2.13. The summed E-state index contributed by atoms with van der Waals surface area (Å²) in [7, 11) is -4.13. The van der Waals surface area contributed by atoms with Crippen LogP contribution in [0.25, 0.3) is 0 Å². The third kappa shape index (κ3) is 3.86. The van der Waals surface area contributed by atoms with Gasteiger partial charge in [-0.15, -0.1) is 0 Å². The molecule has 0 radical (unpaired) electrons. The molecule has 170 valence electrons. The third-order valence-corrected chi connectivity index (χ3v) is 9.16. The average Bonchev–Trinajstić information content (AvgIpc) is 2.61. The first kappa shape index (κ1) is 22.2. The topological polar surface area (TPSA) is 118 Å². The maximum atomic E-state index is 13.7. The summed E-state index contributed by atoms with van der Waals surface area (Å²) in [6.45, 7) is 4.54. The highest BCUT2D eigenvalue weighted by Gasteiger charge is 2.61. The number of primary amides is 1. The van der Waals surface area contributed by atoms with Crippen molar-refractivity contribution < 1.29 is 22.4 Å². The molecule has 2 amide bonds. The first-order valence-electron chi connectivity index (χ1n) is 10.7. The van der Waals surface area contributed by atoms with Gasteiger partial charge in [0.15, 0.2) is 0 Å². The van der Waals surface area contributed by atoms with Crippen LogP contribution in [0.3, 0.4) is 0 Å². The van der Waals surface area contributed by atoms with E-state index >= 15 is 0 Å². The largest absolute Gasteiger partial charge is 0.369 e. The van der Waals surface area contributed by atoms with Gasteiger partial charge in [0.05, 0.1) is 10.3 Å². The van der Waals surface area contributed by atoms with Crippen LogP contribution in [0.1, 0.15) is 57.9 Å². The van der Waals surface area contributed by atoms with Crippen molar-refractivity contribution in [3.05, 3.63) is 29.6 Å². The van der Waals surface area contributed by atoms with Gasteiger partial charge in [0.25, 0.3) is 0 Å². The zero-order chi connectivity index (χ0) is 22.8. The van der Waals surface area contributed by atoms with Crippen LogP contribution in [-0.2, 0) is 19.6 Å². The van der Waals surface area contributed by atoms with Crippen molar-refractivity contribution in [1.82, 2.24) is 10.0 Å². The van der Waals surface area contributed by atoms with E-state index in [2.05, 4.69) is 10.0 Å². The Bertz CT molecular complexity index is 1040. The molecular formula is C22H30FN3O4S. The van der Waals surface area contributed by atoms with Gasteiger partial charge in [-0.2, -0.15) is 4.72 Å². The van der Waals surface area contributed by atoms with E-state index in [0.717, 1.165) is 38.2 Å². The molecule has 4 fully saturated rings.